The van der Waals surface area contributed by atoms with Crippen LogP contribution >= 0.6 is 0 Å². The standard InChI is InChI=1S/C14H14FN/c15-10-14(16)13-8-4-7-12(9-13)11-5-2-1-3-6-11/h1-9,14H,10,16H2/t14-/m0/s1. The number of rotatable bonds is 3. The number of benzene rings is 2. The van der Waals surface area contributed by atoms with Gasteiger partial charge in [-0.1, -0.05) is 48.5 Å². The molecule has 82 valence electrons. The molecule has 2 N–H and O–H groups in total. The smallest absolute Gasteiger partial charge is 0.109 e. The maximum atomic E-state index is 12.5. The predicted octanol–water partition coefficient (Wildman–Crippen LogP) is 3.32. The maximum Gasteiger partial charge on any atom is 0.109 e. The summed E-state index contributed by atoms with van der Waals surface area (Å²) in [6.07, 6.45) is 0. The SMILES string of the molecule is N[C@@H](CF)c1cccc(-c2ccccc2)c1. The molecule has 0 unspecified atom stereocenters. The highest BCUT2D eigenvalue weighted by Crippen LogP contribution is 2.22. The van der Waals surface area contributed by atoms with Crippen molar-refractivity contribution in [3.63, 3.8) is 0 Å². The summed E-state index contributed by atoms with van der Waals surface area (Å²) in [5, 5.41) is 0. The van der Waals surface area contributed by atoms with Gasteiger partial charge in [-0.25, -0.2) is 4.39 Å². The van der Waals surface area contributed by atoms with E-state index in [0.29, 0.717) is 0 Å². The number of halogens is 1. The minimum Gasteiger partial charge on any atom is -0.322 e. The molecular weight excluding hydrogens is 201 g/mol. The van der Waals surface area contributed by atoms with E-state index in [-0.39, 0.29) is 0 Å². The lowest BCUT2D eigenvalue weighted by atomic mass is 10.0. The van der Waals surface area contributed by atoms with Gasteiger partial charge in [-0.05, 0) is 22.8 Å². The monoisotopic (exact) mass is 215 g/mol. The first-order chi connectivity index (χ1) is 7.81. The van der Waals surface area contributed by atoms with Crippen molar-refractivity contribution in [2.24, 2.45) is 5.73 Å². The second-order valence-corrected chi connectivity index (χ2v) is 3.75. The molecule has 0 saturated carbocycles. The van der Waals surface area contributed by atoms with E-state index in [9.17, 15) is 4.39 Å². The van der Waals surface area contributed by atoms with Crippen LogP contribution in [0.4, 0.5) is 4.39 Å². The van der Waals surface area contributed by atoms with Crippen LogP contribution in [0.5, 0.6) is 0 Å². The summed E-state index contributed by atoms with van der Waals surface area (Å²) < 4.78 is 12.5. The average molecular weight is 215 g/mol. The van der Waals surface area contributed by atoms with E-state index >= 15 is 0 Å². The first kappa shape index (κ1) is 10.8. The van der Waals surface area contributed by atoms with E-state index in [0.717, 1.165) is 16.7 Å². The van der Waals surface area contributed by atoms with Crippen molar-refractivity contribution in [3.8, 4) is 11.1 Å². The molecule has 2 aromatic carbocycles. The fourth-order valence-corrected chi connectivity index (χ4v) is 1.67. The van der Waals surface area contributed by atoms with Crippen LogP contribution < -0.4 is 5.73 Å². The van der Waals surface area contributed by atoms with Crippen molar-refractivity contribution < 1.29 is 4.39 Å². The van der Waals surface area contributed by atoms with Gasteiger partial charge in [0.2, 0.25) is 0 Å². The summed E-state index contributed by atoms with van der Waals surface area (Å²) in [4.78, 5) is 0. The van der Waals surface area contributed by atoms with Crippen molar-refractivity contribution >= 4 is 0 Å². The highest BCUT2D eigenvalue weighted by Gasteiger charge is 2.06. The Kier molecular flexibility index (Phi) is 3.32. The second kappa shape index (κ2) is 4.90. The second-order valence-electron chi connectivity index (χ2n) is 3.75. The zero-order valence-corrected chi connectivity index (χ0v) is 8.94. The lowest BCUT2D eigenvalue weighted by Crippen LogP contribution is -2.11. The van der Waals surface area contributed by atoms with Crippen molar-refractivity contribution in [1.29, 1.82) is 0 Å². The largest absolute Gasteiger partial charge is 0.322 e. The molecule has 0 bridgehead atoms. The third-order valence-electron chi connectivity index (χ3n) is 2.59. The van der Waals surface area contributed by atoms with E-state index in [4.69, 9.17) is 5.73 Å². The lowest BCUT2D eigenvalue weighted by Gasteiger charge is -2.09. The quantitative estimate of drug-likeness (QED) is 0.835. The van der Waals surface area contributed by atoms with Gasteiger partial charge in [-0.3, -0.25) is 0 Å². The lowest BCUT2D eigenvalue weighted by molar-refractivity contribution is 0.437. The van der Waals surface area contributed by atoms with E-state index < -0.39 is 12.7 Å². The maximum absolute atomic E-state index is 12.5. The number of alkyl halides is 1. The van der Waals surface area contributed by atoms with Crippen LogP contribution in [-0.2, 0) is 0 Å². The van der Waals surface area contributed by atoms with E-state index in [1.54, 1.807) is 0 Å². The van der Waals surface area contributed by atoms with Gasteiger partial charge < -0.3 is 5.73 Å². The van der Waals surface area contributed by atoms with Gasteiger partial charge in [-0.2, -0.15) is 0 Å². The van der Waals surface area contributed by atoms with Crippen molar-refractivity contribution in [3.05, 3.63) is 60.2 Å². The molecular formula is C14H14FN. The zero-order chi connectivity index (χ0) is 11.4. The number of nitrogens with two attached hydrogens (primary N) is 1. The van der Waals surface area contributed by atoms with Gasteiger partial charge in [0.05, 0.1) is 6.04 Å². The summed E-state index contributed by atoms with van der Waals surface area (Å²) in [6, 6.07) is 17.2. The first-order valence-corrected chi connectivity index (χ1v) is 5.28. The zero-order valence-electron chi connectivity index (χ0n) is 8.94. The molecule has 2 aromatic rings. The van der Waals surface area contributed by atoms with Crippen LogP contribution in [0, 0.1) is 0 Å². The Labute approximate surface area is 94.7 Å². The van der Waals surface area contributed by atoms with Gasteiger partial charge in [0.1, 0.15) is 6.67 Å². The average Bonchev–Trinajstić information content (AvgIpc) is 2.39. The van der Waals surface area contributed by atoms with Gasteiger partial charge in [0.25, 0.3) is 0 Å². The van der Waals surface area contributed by atoms with Crippen LogP contribution in [-0.4, -0.2) is 6.67 Å². The molecule has 0 aliphatic heterocycles. The molecule has 0 saturated heterocycles. The Morgan fingerprint density at radius 3 is 2.31 bits per heavy atom. The van der Waals surface area contributed by atoms with Crippen LogP contribution in [0.25, 0.3) is 11.1 Å². The molecule has 16 heavy (non-hydrogen) atoms. The summed E-state index contributed by atoms with van der Waals surface area (Å²) in [6.45, 7) is -0.530. The Hall–Kier alpha value is -1.67. The molecule has 2 rings (SSSR count). The minimum atomic E-state index is -0.530. The van der Waals surface area contributed by atoms with Crippen molar-refractivity contribution in [2.45, 2.75) is 6.04 Å². The third kappa shape index (κ3) is 2.28. The fraction of sp³-hybridized carbons (Fsp3) is 0.143. The van der Waals surface area contributed by atoms with Crippen LogP contribution in [0.3, 0.4) is 0 Å². The molecule has 1 atom stereocenters. The number of hydrogen-bond acceptors (Lipinski definition) is 1. The number of hydrogen-bond donors (Lipinski definition) is 1. The molecule has 0 aliphatic carbocycles. The molecule has 0 heterocycles. The molecule has 0 amide bonds. The van der Waals surface area contributed by atoms with Crippen LogP contribution in [0.15, 0.2) is 54.6 Å². The van der Waals surface area contributed by atoms with E-state index in [1.807, 2.05) is 54.6 Å². The van der Waals surface area contributed by atoms with Crippen molar-refractivity contribution in [1.82, 2.24) is 0 Å². The minimum absolute atomic E-state index is 0.524. The Balaban J connectivity index is 2.36. The molecule has 1 nitrogen and oxygen atoms in total. The molecule has 0 fully saturated rings. The van der Waals surface area contributed by atoms with E-state index in [1.165, 1.54) is 0 Å². The third-order valence-corrected chi connectivity index (χ3v) is 2.59. The molecule has 2 heteroatoms. The van der Waals surface area contributed by atoms with Gasteiger partial charge in [-0.15, -0.1) is 0 Å². The van der Waals surface area contributed by atoms with Gasteiger partial charge in [0.15, 0.2) is 0 Å². The normalized spacial score (nSPS) is 12.4. The highest BCUT2D eigenvalue weighted by atomic mass is 19.1. The van der Waals surface area contributed by atoms with Crippen LogP contribution in [0.2, 0.25) is 0 Å². The van der Waals surface area contributed by atoms with Gasteiger partial charge in [0, 0.05) is 0 Å². The molecule has 0 aliphatic rings. The van der Waals surface area contributed by atoms with Crippen LogP contribution in [0.1, 0.15) is 11.6 Å². The van der Waals surface area contributed by atoms with Gasteiger partial charge >= 0.3 is 0 Å². The Morgan fingerprint density at radius 2 is 1.62 bits per heavy atom. The van der Waals surface area contributed by atoms with E-state index in [2.05, 4.69) is 0 Å². The molecule has 0 aromatic heterocycles. The van der Waals surface area contributed by atoms with Crippen molar-refractivity contribution in [2.75, 3.05) is 6.67 Å². The topological polar surface area (TPSA) is 26.0 Å². The summed E-state index contributed by atoms with van der Waals surface area (Å²) in [5.41, 5.74) is 8.70. The Morgan fingerprint density at radius 1 is 0.938 bits per heavy atom. The predicted molar refractivity (Wildman–Crippen MR) is 64.8 cm³/mol. The first-order valence-electron chi connectivity index (χ1n) is 5.28. The molecule has 0 spiro atoms. The highest BCUT2D eigenvalue weighted by molar-refractivity contribution is 5.64. The summed E-state index contributed by atoms with van der Waals surface area (Å²) in [7, 11) is 0. The Bertz CT molecular complexity index is 453. The summed E-state index contributed by atoms with van der Waals surface area (Å²) in [5.74, 6) is 0. The fourth-order valence-electron chi connectivity index (χ4n) is 1.67. The molecule has 0 radical (unpaired) electrons. The summed E-state index contributed by atoms with van der Waals surface area (Å²) >= 11 is 0.